The van der Waals surface area contributed by atoms with Crippen molar-refractivity contribution >= 4 is 21.6 Å². The number of sulfonamides is 1. The first-order valence-corrected chi connectivity index (χ1v) is 6.76. The predicted molar refractivity (Wildman–Crippen MR) is 55.7 cm³/mol. The highest BCUT2D eigenvalue weighted by molar-refractivity contribution is 7.90. The molecular formula is C8H16ClNO3S. The lowest BCUT2D eigenvalue weighted by Gasteiger charge is -2.27. The number of likely N-dealkylation sites (N-methyl/N-ethyl adjacent to an activating group) is 1. The molecule has 0 saturated heterocycles. The maximum atomic E-state index is 11.3. The standard InChI is InChI=1S/C8H16ClNO3S/c1-10(14(12,13)7-9)6-8(11)4-2-3-5-8/h11H,2-7H2,1H3. The van der Waals surface area contributed by atoms with Crippen molar-refractivity contribution in [3.8, 4) is 0 Å². The topological polar surface area (TPSA) is 57.6 Å². The molecule has 0 heterocycles. The number of alkyl halides is 1. The molecule has 4 nitrogen and oxygen atoms in total. The van der Waals surface area contributed by atoms with Crippen LogP contribution in [0, 0.1) is 0 Å². The fourth-order valence-corrected chi connectivity index (χ4v) is 2.89. The summed E-state index contributed by atoms with van der Waals surface area (Å²) in [6, 6.07) is 0. The summed E-state index contributed by atoms with van der Waals surface area (Å²) in [5.41, 5.74) is -0.839. The SMILES string of the molecule is CN(CC1(O)CCCC1)S(=O)(=O)CCl. The third-order valence-electron chi connectivity index (χ3n) is 2.66. The van der Waals surface area contributed by atoms with Crippen molar-refractivity contribution < 1.29 is 13.5 Å². The highest BCUT2D eigenvalue weighted by atomic mass is 35.5. The summed E-state index contributed by atoms with van der Waals surface area (Å²) in [5, 5.41) is 9.54. The second kappa shape index (κ2) is 4.35. The first-order chi connectivity index (χ1) is 6.40. The second-order valence-electron chi connectivity index (χ2n) is 3.91. The second-order valence-corrected chi connectivity index (χ2v) is 6.57. The molecule has 0 aromatic carbocycles. The molecule has 6 heteroatoms. The number of halogens is 1. The van der Waals surface area contributed by atoms with Gasteiger partial charge in [0, 0.05) is 13.6 Å². The first-order valence-electron chi connectivity index (χ1n) is 4.62. The molecule has 0 amide bonds. The van der Waals surface area contributed by atoms with E-state index in [2.05, 4.69) is 0 Å². The molecule has 0 bridgehead atoms. The van der Waals surface area contributed by atoms with Gasteiger partial charge in [-0.1, -0.05) is 12.8 Å². The third kappa shape index (κ3) is 2.82. The molecule has 0 radical (unpaired) electrons. The van der Waals surface area contributed by atoms with Crippen molar-refractivity contribution in [3.63, 3.8) is 0 Å². The van der Waals surface area contributed by atoms with Crippen molar-refractivity contribution in [2.75, 3.05) is 18.8 Å². The number of aliphatic hydroxyl groups is 1. The molecule has 14 heavy (non-hydrogen) atoms. The Bertz CT molecular complexity index is 285. The van der Waals surface area contributed by atoms with Crippen molar-refractivity contribution in [3.05, 3.63) is 0 Å². The molecule has 84 valence electrons. The van der Waals surface area contributed by atoms with Crippen LogP contribution >= 0.6 is 11.6 Å². The van der Waals surface area contributed by atoms with Crippen molar-refractivity contribution in [2.24, 2.45) is 0 Å². The molecular weight excluding hydrogens is 226 g/mol. The summed E-state index contributed by atoms with van der Waals surface area (Å²) in [7, 11) is -1.93. The molecule has 0 aromatic rings. The molecule has 1 aliphatic rings. The average Bonchev–Trinajstić information content (AvgIpc) is 2.52. The Hall–Kier alpha value is 0.160. The van der Waals surface area contributed by atoms with E-state index in [9.17, 15) is 13.5 Å². The van der Waals surface area contributed by atoms with Crippen LogP contribution in [0.15, 0.2) is 0 Å². The Kier molecular flexibility index (Phi) is 3.80. The van der Waals surface area contributed by atoms with E-state index in [1.54, 1.807) is 0 Å². The summed E-state index contributed by atoms with van der Waals surface area (Å²) in [6.07, 6.45) is 3.28. The molecule has 1 fully saturated rings. The van der Waals surface area contributed by atoms with Gasteiger partial charge >= 0.3 is 0 Å². The smallest absolute Gasteiger partial charge is 0.227 e. The van der Waals surface area contributed by atoms with Crippen LogP contribution in [0.2, 0.25) is 0 Å². The fourth-order valence-electron chi connectivity index (χ4n) is 1.79. The van der Waals surface area contributed by atoms with E-state index in [-0.39, 0.29) is 6.54 Å². The van der Waals surface area contributed by atoms with Gasteiger partial charge in [-0.25, -0.2) is 12.7 Å². The summed E-state index contributed by atoms with van der Waals surface area (Å²) >= 11 is 5.31. The lowest BCUT2D eigenvalue weighted by molar-refractivity contribution is 0.0334. The summed E-state index contributed by atoms with van der Waals surface area (Å²) in [4.78, 5) is 0. The van der Waals surface area contributed by atoms with Gasteiger partial charge in [0.25, 0.3) is 0 Å². The average molecular weight is 242 g/mol. The number of rotatable bonds is 4. The maximum Gasteiger partial charge on any atom is 0.227 e. The maximum absolute atomic E-state index is 11.3. The molecule has 0 spiro atoms. The normalized spacial score (nSPS) is 21.7. The van der Waals surface area contributed by atoms with Gasteiger partial charge < -0.3 is 5.11 Å². The van der Waals surface area contributed by atoms with Crippen LogP contribution in [0.3, 0.4) is 0 Å². The molecule has 1 saturated carbocycles. The Morgan fingerprint density at radius 3 is 2.36 bits per heavy atom. The molecule has 0 aliphatic heterocycles. The zero-order valence-electron chi connectivity index (χ0n) is 8.24. The summed E-state index contributed by atoms with van der Waals surface area (Å²) in [5.74, 6) is 0. The van der Waals surface area contributed by atoms with Crippen LogP contribution in [0.4, 0.5) is 0 Å². The van der Waals surface area contributed by atoms with E-state index in [0.717, 1.165) is 17.1 Å². The lowest BCUT2D eigenvalue weighted by atomic mass is 10.0. The molecule has 1 aliphatic carbocycles. The van der Waals surface area contributed by atoms with Gasteiger partial charge in [-0.15, -0.1) is 11.6 Å². The van der Waals surface area contributed by atoms with Crippen LogP contribution in [0.25, 0.3) is 0 Å². The van der Waals surface area contributed by atoms with Gasteiger partial charge in [-0.05, 0) is 12.8 Å². The molecule has 1 rings (SSSR count). The van der Waals surface area contributed by atoms with Crippen LogP contribution in [0.1, 0.15) is 25.7 Å². The molecule has 0 aromatic heterocycles. The van der Waals surface area contributed by atoms with E-state index >= 15 is 0 Å². The Morgan fingerprint density at radius 2 is 1.93 bits per heavy atom. The molecule has 0 atom stereocenters. The Morgan fingerprint density at radius 1 is 1.43 bits per heavy atom. The van der Waals surface area contributed by atoms with Crippen LogP contribution in [0.5, 0.6) is 0 Å². The molecule has 0 unspecified atom stereocenters. The van der Waals surface area contributed by atoms with Crippen molar-refractivity contribution in [1.29, 1.82) is 0 Å². The molecule has 1 N–H and O–H groups in total. The fraction of sp³-hybridized carbons (Fsp3) is 1.00. The lowest BCUT2D eigenvalue weighted by Crippen LogP contribution is -2.42. The minimum absolute atomic E-state index is 0.155. The highest BCUT2D eigenvalue weighted by Gasteiger charge is 2.34. The van der Waals surface area contributed by atoms with Gasteiger partial charge in [0.15, 0.2) is 0 Å². The highest BCUT2D eigenvalue weighted by Crippen LogP contribution is 2.30. The first kappa shape index (κ1) is 12.2. The predicted octanol–water partition coefficient (Wildman–Crippen LogP) is 0.749. The number of hydrogen-bond acceptors (Lipinski definition) is 3. The Balaban J connectivity index is 2.60. The van der Waals surface area contributed by atoms with Crippen molar-refractivity contribution in [2.45, 2.75) is 31.3 Å². The van der Waals surface area contributed by atoms with Crippen LogP contribution in [-0.2, 0) is 10.0 Å². The summed E-state index contributed by atoms with van der Waals surface area (Å²) in [6.45, 7) is 0.155. The van der Waals surface area contributed by atoms with Gasteiger partial charge in [-0.3, -0.25) is 0 Å². The van der Waals surface area contributed by atoms with Crippen molar-refractivity contribution in [1.82, 2.24) is 4.31 Å². The van der Waals surface area contributed by atoms with E-state index in [4.69, 9.17) is 11.6 Å². The van der Waals surface area contributed by atoms with Gasteiger partial charge in [0.05, 0.1) is 5.60 Å². The van der Waals surface area contributed by atoms with E-state index in [1.165, 1.54) is 7.05 Å². The van der Waals surface area contributed by atoms with Gasteiger partial charge in [0.1, 0.15) is 5.21 Å². The van der Waals surface area contributed by atoms with E-state index in [0.29, 0.717) is 12.8 Å². The van der Waals surface area contributed by atoms with Gasteiger partial charge in [0.2, 0.25) is 10.0 Å². The number of hydrogen-bond donors (Lipinski definition) is 1. The minimum atomic E-state index is -3.39. The van der Waals surface area contributed by atoms with E-state index < -0.39 is 20.8 Å². The van der Waals surface area contributed by atoms with Gasteiger partial charge in [-0.2, -0.15) is 0 Å². The minimum Gasteiger partial charge on any atom is -0.389 e. The van der Waals surface area contributed by atoms with E-state index in [1.807, 2.05) is 0 Å². The zero-order valence-corrected chi connectivity index (χ0v) is 9.81. The third-order valence-corrected chi connectivity index (χ3v) is 4.85. The Labute approximate surface area is 89.9 Å². The quantitative estimate of drug-likeness (QED) is 0.739. The number of nitrogens with zero attached hydrogens (tertiary/aromatic N) is 1. The summed E-state index contributed by atoms with van der Waals surface area (Å²) < 4.78 is 23.8. The van der Waals surface area contributed by atoms with Crippen LogP contribution < -0.4 is 0 Å². The van der Waals surface area contributed by atoms with Crippen LogP contribution in [-0.4, -0.2) is 42.2 Å². The zero-order chi connectivity index (χ0) is 10.8. The largest absolute Gasteiger partial charge is 0.389 e. The monoisotopic (exact) mass is 241 g/mol.